The van der Waals surface area contributed by atoms with Crippen molar-refractivity contribution < 1.29 is 12.8 Å². The number of sulfonamides is 1. The van der Waals surface area contributed by atoms with Gasteiger partial charge in [0.1, 0.15) is 12.4 Å². The minimum absolute atomic E-state index is 0.117. The molecule has 1 N–H and O–H groups in total. The molecule has 3 rings (SSSR count). The molecule has 0 bridgehead atoms. The Hall–Kier alpha value is -3.11. The van der Waals surface area contributed by atoms with Crippen LogP contribution in [0.4, 0.5) is 10.2 Å². The first-order valence-electron chi connectivity index (χ1n) is 7.34. The Bertz CT molecular complexity index is 1020. The van der Waals surface area contributed by atoms with E-state index in [0.29, 0.717) is 11.1 Å². The second kappa shape index (κ2) is 6.79. The molecule has 0 fully saturated rings. The van der Waals surface area contributed by atoms with Gasteiger partial charge in [-0.1, -0.05) is 36.3 Å². The van der Waals surface area contributed by atoms with Crippen LogP contribution in [0.25, 0.3) is 11.1 Å². The molecule has 2 aromatic carbocycles. The quantitative estimate of drug-likeness (QED) is 0.715. The van der Waals surface area contributed by atoms with Gasteiger partial charge in [-0.2, -0.15) is 5.10 Å². The van der Waals surface area contributed by atoms with Gasteiger partial charge in [0.05, 0.1) is 4.90 Å². The van der Waals surface area contributed by atoms with Gasteiger partial charge in [-0.05, 0) is 29.8 Å². The van der Waals surface area contributed by atoms with Crippen molar-refractivity contribution in [1.82, 2.24) is 9.78 Å². The van der Waals surface area contributed by atoms with Gasteiger partial charge in [0.2, 0.25) is 0 Å². The summed E-state index contributed by atoms with van der Waals surface area (Å²) in [6.45, 7) is 0.182. The number of nitrogens with zero attached hydrogens (tertiary/aromatic N) is 2. The highest BCUT2D eigenvalue weighted by Crippen LogP contribution is 2.29. The Balaban J connectivity index is 2.03. The molecular formula is C18H14FN3O2S. The lowest BCUT2D eigenvalue weighted by molar-refractivity contribution is 0.600. The van der Waals surface area contributed by atoms with Crippen LogP contribution in [0.2, 0.25) is 0 Å². The molecule has 3 aromatic rings. The molecule has 0 radical (unpaired) electrons. The van der Waals surface area contributed by atoms with Gasteiger partial charge >= 0.3 is 0 Å². The van der Waals surface area contributed by atoms with Crippen LogP contribution in [0, 0.1) is 18.2 Å². The summed E-state index contributed by atoms with van der Waals surface area (Å²) in [6, 6.07) is 13.6. The Morgan fingerprint density at radius 2 is 1.80 bits per heavy atom. The van der Waals surface area contributed by atoms with Gasteiger partial charge in [0.25, 0.3) is 10.0 Å². The number of benzene rings is 2. The number of anilines is 1. The monoisotopic (exact) mass is 355 g/mol. The zero-order valence-corrected chi connectivity index (χ0v) is 13.9. The average Bonchev–Trinajstić information content (AvgIpc) is 2.98. The molecule has 7 heteroatoms. The highest BCUT2D eigenvalue weighted by Gasteiger charge is 2.19. The van der Waals surface area contributed by atoms with Crippen molar-refractivity contribution in [2.45, 2.75) is 11.4 Å². The molecule has 0 amide bonds. The highest BCUT2D eigenvalue weighted by atomic mass is 32.2. The van der Waals surface area contributed by atoms with Gasteiger partial charge in [0, 0.05) is 11.8 Å². The summed E-state index contributed by atoms with van der Waals surface area (Å²) in [5, 5.41) is 4.20. The smallest absolute Gasteiger partial charge is 0.261 e. The first-order chi connectivity index (χ1) is 12.0. The number of halogens is 1. The number of aromatic nitrogens is 2. The van der Waals surface area contributed by atoms with E-state index in [4.69, 9.17) is 6.42 Å². The van der Waals surface area contributed by atoms with Gasteiger partial charge < -0.3 is 0 Å². The van der Waals surface area contributed by atoms with Crippen LogP contribution in [0.3, 0.4) is 0 Å². The van der Waals surface area contributed by atoms with E-state index in [2.05, 4.69) is 15.7 Å². The zero-order valence-electron chi connectivity index (χ0n) is 13.1. The van der Waals surface area contributed by atoms with E-state index in [-0.39, 0.29) is 23.1 Å². The van der Waals surface area contributed by atoms with Gasteiger partial charge in [0.15, 0.2) is 5.82 Å². The molecule has 0 saturated carbocycles. The third-order valence-corrected chi connectivity index (χ3v) is 4.81. The predicted octanol–water partition coefficient (Wildman–Crippen LogP) is 3.12. The van der Waals surface area contributed by atoms with Crippen molar-refractivity contribution in [2.24, 2.45) is 0 Å². The van der Waals surface area contributed by atoms with Crippen molar-refractivity contribution >= 4 is 15.8 Å². The number of hydrogen-bond donors (Lipinski definition) is 1. The van der Waals surface area contributed by atoms with Crippen LogP contribution in [-0.2, 0) is 16.6 Å². The predicted molar refractivity (Wildman–Crippen MR) is 93.7 cm³/mol. The molecule has 0 aliphatic rings. The third-order valence-electron chi connectivity index (χ3n) is 3.45. The molecule has 0 spiro atoms. The largest absolute Gasteiger partial charge is 0.263 e. The summed E-state index contributed by atoms with van der Waals surface area (Å²) in [6.07, 6.45) is 6.92. The Morgan fingerprint density at radius 1 is 1.12 bits per heavy atom. The maximum Gasteiger partial charge on any atom is 0.263 e. The summed E-state index contributed by atoms with van der Waals surface area (Å²) in [5.74, 6) is 2.19. The molecule has 0 atom stereocenters. The summed E-state index contributed by atoms with van der Waals surface area (Å²) in [4.78, 5) is 0.117. The number of nitrogens with one attached hydrogen (secondary N) is 1. The molecule has 5 nitrogen and oxygen atoms in total. The lowest BCUT2D eigenvalue weighted by atomic mass is 10.1. The van der Waals surface area contributed by atoms with Crippen molar-refractivity contribution in [3.63, 3.8) is 0 Å². The van der Waals surface area contributed by atoms with Crippen LogP contribution < -0.4 is 4.72 Å². The van der Waals surface area contributed by atoms with Gasteiger partial charge in [-0.25, -0.2) is 12.8 Å². The van der Waals surface area contributed by atoms with Gasteiger partial charge in [-0.3, -0.25) is 9.40 Å². The van der Waals surface area contributed by atoms with Crippen LogP contribution >= 0.6 is 0 Å². The average molecular weight is 355 g/mol. The molecule has 126 valence electrons. The van der Waals surface area contributed by atoms with E-state index in [1.807, 2.05) is 0 Å². The Kier molecular flexibility index (Phi) is 4.55. The second-order valence-corrected chi connectivity index (χ2v) is 6.90. The van der Waals surface area contributed by atoms with E-state index in [9.17, 15) is 12.8 Å². The fourth-order valence-corrected chi connectivity index (χ4v) is 3.34. The topological polar surface area (TPSA) is 64.0 Å². The normalized spacial score (nSPS) is 11.0. The van der Waals surface area contributed by atoms with Crippen LogP contribution in [0.5, 0.6) is 0 Å². The second-order valence-electron chi connectivity index (χ2n) is 5.22. The Morgan fingerprint density at radius 3 is 2.44 bits per heavy atom. The molecule has 1 aromatic heterocycles. The van der Waals surface area contributed by atoms with Crippen LogP contribution in [0.15, 0.2) is 65.7 Å². The summed E-state index contributed by atoms with van der Waals surface area (Å²) < 4.78 is 42.2. The van der Waals surface area contributed by atoms with Crippen molar-refractivity contribution in [3.8, 4) is 23.5 Å². The van der Waals surface area contributed by atoms with E-state index in [1.54, 1.807) is 36.5 Å². The number of terminal acetylenes is 1. The molecule has 0 aliphatic heterocycles. The standard InChI is InChI=1S/C18H14FN3O2S/c1-2-12-22-13-17(14-8-10-15(19)11-9-14)18(20-22)21-25(23,24)16-6-4-3-5-7-16/h1,3-11,13H,12H2,(H,20,21). The molecular weight excluding hydrogens is 341 g/mol. The van der Waals surface area contributed by atoms with Crippen molar-refractivity contribution in [1.29, 1.82) is 0 Å². The first-order valence-corrected chi connectivity index (χ1v) is 8.82. The molecule has 0 saturated heterocycles. The molecule has 0 unspecified atom stereocenters. The Labute approximate surface area is 145 Å². The summed E-state index contributed by atoms with van der Waals surface area (Å²) in [7, 11) is -3.81. The van der Waals surface area contributed by atoms with E-state index in [0.717, 1.165) is 0 Å². The zero-order chi connectivity index (χ0) is 17.9. The first kappa shape index (κ1) is 16.7. The summed E-state index contributed by atoms with van der Waals surface area (Å²) in [5.41, 5.74) is 1.13. The third kappa shape index (κ3) is 3.70. The van der Waals surface area contributed by atoms with Crippen LogP contribution in [-0.4, -0.2) is 18.2 Å². The lowest BCUT2D eigenvalue weighted by Gasteiger charge is -2.07. The maximum atomic E-state index is 13.2. The van der Waals surface area contributed by atoms with Crippen molar-refractivity contribution in [2.75, 3.05) is 4.72 Å². The molecule has 1 heterocycles. The van der Waals surface area contributed by atoms with E-state index >= 15 is 0 Å². The highest BCUT2D eigenvalue weighted by molar-refractivity contribution is 7.92. The minimum atomic E-state index is -3.81. The van der Waals surface area contributed by atoms with Crippen LogP contribution in [0.1, 0.15) is 0 Å². The van der Waals surface area contributed by atoms with E-state index < -0.39 is 10.0 Å². The van der Waals surface area contributed by atoms with Gasteiger partial charge in [-0.15, -0.1) is 6.42 Å². The molecule has 25 heavy (non-hydrogen) atoms. The van der Waals surface area contributed by atoms with Crippen molar-refractivity contribution in [3.05, 3.63) is 66.6 Å². The fraction of sp³-hybridized carbons (Fsp3) is 0.0556. The summed E-state index contributed by atoms with van der Waals surface area (Å²) >= 11 is 0. The maximum absolute atomic E-state index is 13.2. The number of rotatable bonds is 5. The molecule has 0 aliphatic carbocycles. The lowest BCUT2D eigenvalue weighted by Crippen LogP contribution is -2.14. The fourth-order valence-electron chi connectivity index (χ4n) is 2.30. The van der Waals surface area contributed by atoms with E-state index in [1.165, 1.54) is 28.9 Å². The SMILES string of the molecule is C#CCn1cc(-c2ccc(F)cc2)c(NS(=O)(=O)c2ccccc2)n1. The minimum Gasteiger partial charge on any atom is -0.261 e. The number of hydrogen-bond acceptors (Lipinski definition) is 3.